The molecule has 0 spiro atoms. The number of hydrogen-bond acceptors (Lipinski definition) is 8. The van der Waals surface area contributed by atoms with E-state index in [1.807, 2.05) is 13.0 Å². The summed E-state index contributed by atoms with van der Waals surface area (Å²) in [4.78, 5) is 47.5. The fourth-order valence-corrected chi connectivity index (χ4v) is 7.75. The van der Waals surface area contributed by atoms with Gasteiger partial charge in [0.05, 0.1) is 12.5 Å². The van der Waals surface area contributed by atoms with Gasteiger partial charge in [0.1, 0.15) is 5.60 Å². The van der Waals surface area contributed by atoms with E-state index in [-0.39, 0.29) is 71.9 Å². The standard InChI is InChI=1S/C26H34O8.Na/c1-14-10-16-17-7-9-26(33,20(29)13-34-22(32)5-4-21(30)31)25(17,3)12-19(28)23(16)24(2)8-6-15(27)11-18(14)24;/h6,8,11,14,16-17,19,23,28,33H,4-5,7,9-10,12-13H2,1-3H3,(H,30,31);/q;+1/p-1/t14-,16?,17?,19-,23?,24?,25?,26-;/m0./s1. The van der Waals surface area contributed by atoms with Crippen LogP contribution in [0.15, 0.2) is 23.8 Å². The third-order valence-corrected chi connectivity index (χ3v) is 9.33. The summed E-state index contributed by atoms with van der Waals surface area (Å²) in [7, 11) is 0. The maximum Gasteiger partial charge on any atom is 1.00 e. The van der Waals surface area contributed by atoms with Gasteiger partial charge >= 0.3 is 35.5 Å². The molecule has 3 saturated carbocycles. The molecule has 0 amide bonds. The average Bonchev–Trinajstić information content (AvgIpc) is 3.03. The van der Waals surface area contributed by atoms with Crippen molar-refractivity contribution in [3.63, 3.8) is 0 Å². The van der Waals surface area contributed by atoms with E-state index in [2.05, 4.69) is 13.8 Å². The second-order valence-corrected chi connectivity index (χ2v) is 11.1. The topological polar surface area (TPSA) is 141 Å². The first-order valence-corrected chi connectivity index (χ1v) is 12.1. The molecule has 186 valence electrons. The van der Waals surface area contributed by atoms with E-state index in [0.717, 1.165) is 12.0 Å². The fourth-order valence-electron chi connectivity index (χ4n) is 7.75. The van der Waals surface area contributed by atoms with Gasteiger partial charge in [-0.05, 0) is 62.0 Å². The number of ketones is 2. The number of Topliss-reactive ketones (excluding diaryl/α,β-unsaturated/α-hetero) is 1. The second-order valence-electron chi connectivity index (χ2n) is 11.1. The average molecular weight is 497 g/mol. The van der Waals surface area contributed by atoms with E-state index in [9.17, 15) is 34.5 Å². The third kappa shape index (κ3) is 4.50. The van der Waals surface area contributed by atoms with E-state index in [0.29, 0.717) is 6.42 Å². The van der Waals surface area contributed by atoms with Crippen molar-refractivity contribution in [3.05, 3.63) is 23.8 Å². The Bertz CT molecular complexity index is 988. The quantitative estimate of drug-likeness (QED) is 0.314. The molecule has 35 heavy (non-hydrogen) atoms. The van der Waals surface area contributed by atoms with E-state index >= 15 is 0 Å². The van der Waals surface area contributed by atoms with Crippen molar-refractivity contribution < 1.29 is 68.8 Å². The number of rotatable bonds is 6. The van der Waals surface area contributed by atoms with Crippen LogP contribution in [0.1, 0.15) is 59.3 Å². The Kier molecular flexibility index (Phi) is 7.96. The van der Waals surface area contributed by atoms with Gasteiger partial charge in [-0.2, -0.15) is 0 Å². The van der Waals surface area contributed by atoms with Crippen molar-refractivity contribution >= 4 is 23.5 Å². The predicted octanol–water partition coefficient (Wildman–Crippen LogP) is -2.11. The minimum atomic E-state index is -1.75. The molecule has 0 aliphatic heterocycles. The molecule has 0 heterocycles. The Morgan fingerprint density at radius 1 is 1.23 bits per heavy atom. The van der Waals surface area contributed by atoms with Gasteiger partial charge < -0.3 is 24.9 Å². The maximum atomic E-state index is 13.1. The van der Waals surface area contributed by atoms with Crippen LogP contribution in [-0.4, -0.2) is 52.0 Å². The number of fused-ring (bicyclic) bond motifs is 5. The van der Waals surface area contributed by atoms with Crippen molar-refractivity contribution in [1.29, 1.82) is 0 Å². The first-order valence-electron chi connectivity index (χ1n) is 12.1. The number of ether oxygens (including phenoxy) is 1. The molecule has 0 radical (unpaired) electrons. The summed E-state index contributed by atoms with van der Waals surface area (Å²) in [6, 6.07) is 0. The summed E-state index contributed by atoms with van der Waals surface area (Å²) in [5.41, 5.74) is -2.07. The number of aliphatic carboxylic acids is 1. The zero-order chi connectivity index (χ0) is 25.1. The Morgan fingerprint density at radius 2 is 1.91 bits per heavy atom. The molecule has 0 bridgehead atoms. The van der Waals surface area contributed by atoms with Crippen LogP contribution in [0.3, 0.4) is 0 Å². The largest absolute Gasteiger partial charge is 1.00 e. The number of carboxylic acid groups (broad SMARTS) is 1. The summed E-state index contributed by atoms with van der Waals surface area (Å²) >= 11 is 0. The molecule has 0 saturated heterocycles. The van der Waals surface area contributed by atoms with Crippen LogP contribution < -0.4 is 34.7 Å². The number of carboxylic acids is 1. The van der Waals surface area contributed by atoms with Crippen LogP contribution in [0.4, 0.5) is 0 Å². The second kappa shape index (κ2) is 9.86. The van der Waals surface area contributed by atoms with Crippen LogP contribution >= 0.6 is 0 Å². The van der Waals surface area contributed by atoms with Gasteiger partial charge in [0.2, 0.25) is 5.78 Å². The summed E-state index contributed by atoms with van der Waals surface area (Å²) in [5, 5.41) is 33.6. The van der Waals surface area contributed by atoms with Gasteiger partial charge in [-0.1, -0.05) is 32.4 Å². The summed E-state index contributed by atoms with van der Waals surface area (Å²) in [5.74, 6) is -2.85. The fraction of sp³-hybridized carbons (Fsp3) is 0.692. The SMILES string of the molecule is C[C@H]1CC2C([C@@H](O)CC3(C)C2CC[C@]3(O)C(=O)COC(=O)CCC(=O)[O-])C2(C)C=CC(=O)C=C12.[Na+]. The van der Waals surface area contributed by atoms with Gasteiger partial charge in [-0.25, -0.2) is 0 Å². The number of carbonyl (C=O) groups is 4. The molecule has 0 aromatic carbocycles. The predicted molar refractivity (Wildman–Crippen MR) is 118 cm³/mol. The number of esters is 1. The van der Waals surface area contributed by atoms with Crippen LogP contribution in [0.2, 0.25) is 0 Å². The van der Waals surface area contributed by atoms with Crippen LogP contribution in [0, 0.1) is 34.5 Å². The number of carbonyl (C=O) groups excluding carboxylic acids is 4. The molecule has 0 aromatic rings. The molecule has 5 unspecified atom stereocenters. The van der Waals surface area contributed by atoms with Crippen molar-refractivity contribution in [1.82, 2.24) is 0 Å². The molecular formula is C26H33NaO8. The number of aliphatic hydroxyl groups is 2. The zero-order valence-corrected chi connectivity index (χ0v) is 22.9. The van der Waals surface area contributed by atoms with E-state index in [1.165, 1.54) is 0 Å². The Balaban J connectivity index is 0.00000342. The molecule has 0 aromatic heterocycles. The van der Waals surface area contributed by atoms with Crippen molar-refractivity contribution in [2.24, 2.45) is 34.5 Å². The number of hydrogen-bond donors (Lipinski definition) is 2. The van der Waals surface area contributed by atoms with Gasteiger partial charge in [0.15, 0.2) is 12.4 Å². The molecule has 8 atom stereocenters. The van der Waals surface area contributed by atoms with Crippen molar-refractivity contribution in [2.45, 2.75) is 71.0 Å². The molecule has 4 aliphatic carbocycles. The molecular weight excluding hydrogens is 463 g/mol. The summed E-state index contributed by atoms with van der Waals surface area (Å²) in [6.45, 7) is 5.36. The van der Waals surface area contributed by atoms with E-state index < -0.39 is 59.7 Å². The normalized spacial score (nSPS) is 41.6. The molecule has 2 N–H and O–H groups in total. The first-order chi connectivity index (χ1) is 15.8. The van der Waals surface area contributed by atoms with Gasteiger partial charge in [-0.3, -0.25) is 14.4 Å². The monoisotopic (exact) mass is 496 g/mol. The van der Waals surface area contributed by atoms with Crippen molar-refractivity contribution in [3.8, 4) is 0 Å². The minimum Gasteiger partial charge on any atom is -0.550 e. The van der Waals surface area contributed by atoms with E-state index in [4.69, 9.17) is 4.74 Å². The Morgan fingerprint density at radius 3 is 2.57 bits per heavy atom. The van der Waals surface area contributed by atoms with Crippen LogP contribution in [0.25, 0.3) is 0 Å². The molecule has 4 aliphatic rings. The summed E-state index contributed by atoms with van der Waals surface area (Å²) < 4.78 is 4.95. The third-order valence-electron chi connectivity index (χ3n) is 9.33. The molecule has 4 rings (SSSR count). The summed E-state index contributed by atoms with van der Waals surface area (Å²) in [6.07, 6.45) is 5.30. The van der Waals surface area contributed by atoms with Gasteiger partial charge in [-0.15, -0.1) is 0 Å². The van der Waals surface area contributed by atoms with Crippen LogP contribution in [0.5, 0.6) is 0 Å². The maximum absolute atomic E-state index is 13.1. The zero-order valence-electron chi connectivity index (χ0n) is 20.9. The van der Waals surface area contributed by atoms with Crippen LogP contribution in [-0.2, 0) is 23.9 Å². The Hall–Kier alpha value is -1.32. The van der Waals surface area contributed by atoms with E-state index in [1.54, 1.807) is 12.2 Å². The van der Waals surface area contributed by atoms with Gasteiger partial charge in [0.25, 0.3) is 0 Å². The Labute approximate surface area is 227 Å². The first kappa shape index (κ1) is 28.3. The molecule has 9 heteroatoms. The number of allylic oxidation sites excluding steroid dienone is 4. The molecule has 8 nitrogen and oxygen atoms in total. The molecule has 3 fully saturated rings. The van der Waals surface area contributed by atoms with Gasteiger partial charge in [0, 0.05) is 22.7 Å². The minimum absolute atomic E-state index is 0. The smallest absolute Gasteiger partial charge is 0.550 e. The number of aliphatic hydroxyl groups excluding tert-OH is 1. The van der Waals surface area contributed by atoms with Crippen molar-refractivity contribution in [2.75, 3.05) is 6.61 Å².